The first-order chi connectivity index (χ1) is 13.4. The molecule has 1 N–H and O–H groups in total. The molecule has 7 nitrogen and oxygen atoms in total. The number of nitrogens with one attached hydrogen (secondary N) is 1. The minimum Gasteiger partial charge on any atom is -0.439 e. The van der Waals surface area contributed by atoms with Crippen LogP contribution in [0.3, 0.4) is 0 Å². The molecule has 1 aromatic carbocycles. The molecule has 1 aliphatic rings. The van der Waals surface area contributed by atoms with E-state index in [1.165, 1.54) is 0 Å². The number of pyridine rings is 1. The topological polar surface area (TPSA) is 74.8 Å². The van der Waals surface area contributed by atoms with E-state index in [0.717, 1.165) is 4.47 Å². The Balaban J connectivity index is 1.51. The minimum atomic E-state index is -0.108. The quantitative estimate of drug-likeness (QED) is 0.770. The molecule has 0 radical (unpaired) electrons. The van der Waals surface area contributed by atoms with Crippen molar-refractivity contribution >= 4 is 33.6 Å². The molecule has 8 heteroatoms. The smallest absolute Gasteiger partial charge is 0.319 e. The number of benzene rings is 1. The summed E-state index contributed by atoms with van der Waals surface area (Å²) in [6.45, 7) is 1.18. The van der Waals surface area contributed by atoms with Gasteiger partial charge in [0.15, 0.2) is 0 Å². The van der Waals surface area contributed by atoms with Gasteiger partial charge in [-0.05, 0) is 37.1 Å². The van der Waals surface area contributed by atoms with Crippen LogP contribution in [0, 0.1) is 5.92 Å². The number of rotatable bonds is 4. The van der Waals surface area contributed by atoms with Crippen molar-refractivity contribution in [2.45, 2.75) is 12.8 Å². The molecule has 1 saturated heterocycles. The van der Waals surface area contributed by atoms with E-state index in [1.54, 1.807) is 42.2 Å². The second kappa shape index (κ2) is 9.05. The van der Waals surface area contributed by atoms with Crippen molar-refractivity contribution in [3.05, 3.63) is 47.1 Å². The molecule has 1 aromatic heterocycles. The molecule has 2 heterocycles. The van der Waals surface area contributed by atoms with Gasteiger partial charge in [0, 0.05) is 43.6 Å². The number of ether oxygens (including phenoxy) is 1. The van der Waals surface area contributed by atoms with Gasteiger partial charge in [0.25, 0.3) is 0 Å². The van der Waals surface area contributed by atoms with E-state index in [1.807, 2.05) is 24.3 Å². The third kappa shape index (κ3) is 5.22. The minimum absolute atomic E-state index is 0.0101. The molecule has 3 rings (SSSR count). The number of nitrogens with zero attached hydrogens (tertiary/aromatic N) is 3. The summed E-state index contributed by atoms with van der Waals surface area (Å²) in [5.74, 6) is 0.979. The zero-order chi connectivity index (χ0) is 20.1. The molecule has 148 valence electrons. The fourth-order valence-corrected chi connectivity index (χ4v) is 3.40. The van der Waals surface area contributed by atoms with E-state index in [2.05, 4.69) is 26.2 Å². The van der Waals surface area contributed by atoms with Crippen LogP contribution in [0.25, 0.3) is 0 Å². The van der Waals surface area contributed by atoms with Gasteiger partial charge in [0.05, 0.1) is 11.9 Å². The third-order valence-corrected chi connectivity index (χ3v) is 5.03. The maximum absolute atomic E-state index is 12.5. The first-order valence-corrected chi connectivity index (χ1v) is 9.88. The van der Waals surface area contributed by atoms with Gasteiger partial charge in [0.2, 0.25) is 11.8 Å². The van der Waals surface area contributed by atoms with E-state index in [4.69, 9.17) is 4.74 Å². The number of carbonyl (C=O) groups excluding carboxylic acids is 2. The molecule has 0 spiro atoms. The normalized spacial score (nSPS) is 14.5. The summed E-state index contributed by atoms with van der Waals surface area (Å²) < 4.78 is 6.62. The number of halogens is 1. The van der Waals surface area contributed by atoms with Crippen LogP contribution in [0.5, 0.6) is 11.6 Å². The van der Waals surface area contributed by atoms with Crippen molar-refractivity contribution in [3.8, 4) is 11.6 Å². The van der Waals surface area contributed by atoms with Gasteiger partial charge in [-0.15, -0.1) is 0 Å². The first kappa shape index (κ1) is 20.1. The largest absolute Gasteiger partial charge is 0.439 e. The Bertz CT molecular complexity index is 834. The van der Waals surface area contributed by atoms with Gasteiger partial charge in [-0.3, -0.25) is 4.79 Å². The lowest BCUT2D eigenvalue weighted by molar-refractivity contribution is -0.121. The number of likely N-dealkylation sites (tertiary alicyclic amines) is 1. The highest BCUT2D eigenvalue weighted by atomic mass is 79.9. The van der Waals surface area contributed by atoms with Gasteiger partial charge in [-0.25, -0.2) is 9.78 Å². The number of hydrogen-bond acceptors (Lipinski definition) is 4. The lowest BCUT2D eigenvalue weighted by Crippen LogP contribution is -2.45. The van der Waals surface area contributed by atoms with Crippen molar-refractivity contribution in [1.82, 2.24) is 14.8 Å². The fourth-order valence-electron chi connectivity index (χ4n) is 3.03. The second-order valence-corrected chi connectivity index (χ2v) is 7.79. The summed E-state index contributed by atoms with van der Waals surface area (Å²) in [5.41, 5.74) is 0.624. The molecule has 2 aromatic rings. The van der Waals surface area contributed by atoms with E-state index in [0.29, 0.717) is 43.2 Å². The summed E-state index contributed by atoms with van der Waals surface area (Å²) in [4.78, 5) is 32.1. The monoisotopic (exact) mass is 446 g/mol. The van der Waals surface area contributed by atoms with Gasteiger partial charge >= 0.3 is 6.03 Å². The average Bonchev–Trinajstić information content (AvgIpc) is 2.69. The molecule has 1 fully saturated rings. The number of amides is 3. The maximum atomic E-state index is 12.5. The standard InChI is InChI=1S/C20H23BrN4O3/c1-24(2)20(27)25-10-8-14(9-11-25)19(26)23-16-6-7-18(22-13-16)28-17-5-3-4-15(21)12-17/h3-7,12-14H,8-11H2,1-2H3,(H,23,26). The molecule has 0 atom stereocenters. The lowest BCUT2D eigenvalue weighted by atomic mass is 9.96. The zero-order valence-electron chi connectivity index (χ0n) is 15.9. The summed E-state index contributed by atoms with van der Waals surface area (Å²) in [7, 11) is 3.47. The Morgan fingerprint density at radius 2 is 1.96 bits per heavy atom. The van der Waals surface area contributed by atoms with Crippen LogP contribution in [0.2, 0.25) is 0 Å². The summed E-state index contributed by atoms with van der Waals surface area (Å²) in [6.07, 6.45) is 2.89. The molecule has 3 amide bonds. The van der Waals surface area contributed by atoms with Crippen molar-refractivity contribution in [2.24, 2.45) is 5.92 Å². The Morgan fingerprint density at radius 1 is 1.21 bits per heavy atom. The number of piperidine rings is 1. The van der Waals surface area contributed by atoms with Crippen LogP contribution in [0.15, 0.2) is 47.1 Å². The van der Waals surface area contributed by atoms with E-state index in [9.17, 15) is 9.59 Å². The van der Waals surface area contributed by atoms with E-state index in [-0.39, 0.29) is 17.9 Å². The molecule has 0 saturated carbocycles. The molecule has 0 aliphatic carbocycles. The fraction of sp³-hybridized carbons (Fsp3) is 0.350. The molecular weight excluding hydrogens is 424 g/mol. The van der Waals surface area contributed by atoms with Crippen LogP contribution >= 0.6 is 15.9 Å². The predicted octanol–water partition coefficient (Wildman–Crippen LogP) is 3.97. The van der Waals surface area contributed by atoms with Crippen molar-refractivity contribution in [1.29, 1.82) is 0 Å². The van der Waals surface area contributed by atoms with Gasteiger partial charge < -0.3 is 19.9 Å². The Labute approximate surface area is 172 Å². The van der Waals surface area contributed by atoms with E-state index < -0.39 is 0 Å². The second-order valence-electron chi connectivity index (χ2n) is 6.87. The number of hydrogen-bond donors (Lipinski definition) is 1. The van der Waals surface area contributed by atoms with Crippen LogP contribution < -0.4 is 10.1 Å². The molecular formula is C20H23BrN4O3. The zero-order valence-corrected chi connectivity index (χ0v) is 17.5. The highest BCUT2D eigenvalue weighted by Gasteiger charge is 2.28. The lowest BCUT2D eigenvalue weighted by Gasteiger charge is -2.33. The number of urea groups is 1. The Kier molecular flexibility index (Phi) is 6.51. The predicted molar refractivity (Wildman–Crippen MR) is 110 cm³/mol. The Hall–Kier alpha value is -2.61. The third-order valence-electron chi connectivity index (χ3n) is 4.54. The summed E-state index contributed by atoms with van der Waals surface area (Å²) >= 11 is 3.40. The summed E-state index contributed by atoms with van der Waals surface area (Å²) in [5, 5.41) is 2.90. The van der Waals surface area contributed by atoms with Crippen LogP contribution in [-0.4, -0.2) is 53.9 Å². The van der Waals surface area contributed by atoms with Crippen molar-refractivity contribution in [2.75, 3.05) is 32.5 Å². The highest BCUT2D eigenvalue weighted by molar-refractivity contribution is 9.10. The van der Waals surface area contributed by atoms with Gasteiger partial charge in [-0.1, -0.05) is 22.0 Å². The van der Waals surface area contributed by atoms with Crippen molar-refractivity contribution < 1.29 is 14.3 Å². The average molecular weight is 447 g/mol. The van der Waals surface area contributed by atoms with E-state index >= 15 is 0 Å². The van der Waals surface area contributed by atoms with Crippen LogP contribution in [0.4, 0.5) is 10.5 Å². The highest BCUT2D eigenvalue weighted by Crippen LogP contribution is 2.24. The summed E-state index contributed by atoms with van der Waals surface area (Å²) in [6, 6.07) is 11.0. The van der Waals surface area contributed by atoms with Crippen LogP contribution in [-0.2, 0) is 4.79 Å². The van der Waals surface area contributed by atoms with Gasteiger partial charge in [0.1, 0.15) is 5.75 Å². The Morgan fingerprint density at radius 3 is 2.57 bits per heavy atom. The number of anilines is 1. The number of aromatic nitrogens is 1. The molecule has 1 aliphatic heterocycles. The molecule has 0 bridgehead atoms. The maximum Gasteiger partial charge on any atom is 0.319 e. The molecule has 28 heavy (non-hydrogen) atoms. The number of carbonyl (C=O) groups is 2. The SMILES string of the molecule is CN(C)C(=O)N1CCC(C(=O)Nc2ccc(Oc3cccc(Br)c3)nc2)CC1. The van der Waals surface area contributed by atoms with Crippen LogP contribution in [0.1, 0.15) is 12.8 Å². The van der Waals surface area contributed by atoms with Crippen molar-refractivity contribution in [3.63, 3.8) is 0 Å². The molecule has 0 unspecified atom stereocenters. The van der Waals surface area contributed by atoms with Gasteiger partial charge in [-0.2, -0.15) is 0 Å². The first-order valence-electron chi connectivity index (χ1n) is 9.09.